The van der Waals surface area contributed by atoms with Gasteiger partial charge in [-0.25, -0.2) is 0 Å². The molecule has 0 saturated carbocycles. The summed E-state index contributed by atoms with van der Waals surface area (Å²) in [4.78, 5) is 9.52. The lowest BCUT2D eigenvalue weighted by Crippen LogP contribution is -1.97. The number of ether oxygens (including phenoxy) is 1. The van der Waals surface area contributed by atoms with Gasteiger partial charge in [-0.1, -0.05) is 66.5 Å². The molecule has 2 N–H and O–H groups in total. The van der Waals surface area contributed by atoms with Crippen molar-refractivity contribution in [1.82, 2.24) is 0 Å². The van der Waals surface area contributed by atoms with Crippen LogP contribution in [0, 0.1) is 0 Å². The normalized spacial score (nSPS) is 11.9. The number of hydrogen-bond donors (Lipinski definition) is 2. The molecule has 0 amide bonds. The van der Waals surface area contributed by atoms with Crippen molar-refractivity contribution in [2.75, 3.05) is 7.11 Å². The molecule has 0 atom stereocenters. The van der Waals surface area contributed by atoms with Crippen LogP contribution in [0.5, 0.6) is 17.2 Å². The van der Waals surface area contributed by atoms with E-state index in [2.05, 4.69) is 53.7 Å². The molecular formula is C35H46N2O3. The Morgan fingerprint density at radius 2 is 1.18 bits per heavy atom. The summed E-state index contributed by atoms with van der Waals surface area (Å²) in [6.45, 7) is 12.7. The van der Waals surface area contributed by atoms with Gasteiger partial charge in [0.15, 0.2) is 0 Å². The quantitative estimate of drug-likeness (QED) is 0.211. The molecule has 0 radical (unpaired) electrons. The minimum atomic E-state index is 0.196. The van der Waals surface area contributed by atoms with Crippen LogP contribution in [0.2, 0.25) is 0 Å². The second kappa shape index (κ2) is 14.7. The van der Waals surface area contributed by atoms with E-state index in [9.17, 15) is 10.2 Å². The van der Waals surface area contributed by atoms with E-state index in [4.69, 9.17) is 14.7 Å². The van der Waals surface area contributed by atoms with Crippen LogP contribution < -0.4 is 4.74 Å². The van der Waals surface area contributed by atoms with E-state index in [1.807, 2.05) is 30.3 Å². The summed E-state index contributed by atoms with van der Waals surface area (Å²) in [7, 11) is 1.62. The molecule has 3 aromatic carbocycles. The van der Waals surface area contributed by atoms with E-state index in [1.165, 1.54) is 11.1 Å². The maximum atomic E-state index is 11.0. The highest BCUT2D eigenvalue weighted by molar-refractivity contribution is 5.90. The highest BCUT2D eigenvalue weighted by atomic mass is 16.5. The van der Waals surface area contributed by atoms with Crippen molar-refractivity contribution < 1.29 is 14.9 Å². The van der Waals surface area contributed by atoms with Gasteiger partial charge in [0.2, 0.25) is 0 Å². The minimum Gasteiger partial charge on any atom is -0.507 e. The Balaban J connectivity index is 2.04. The van der Waals surface area contributed by atoms with E-state index in [0.29, 0.717) is 28.3 Å². The van der Waals surface area contributed by atoms with E-state index in [0.717, 1.165) is 49.7 Å². The molecule has 5 nitrogen and oxygen atoms in total. The molecule has 3 aromatic rings. The third-order valence-corrected chi connectivity index (χ3v) is 7.21. The number of aryl methyl sites for hydroxylation is 2. The van der Waals surface area contributed by atoms with Crippen molar-refractivity contribution in [3.63, 3.8) is 0 Å². The Morgan fingerprint density at radius 3 is 1.60 bits per heavy atom. The molecule has 0 aromatic heterocycles. The molecule has 0 aliphatic carbocycles. The second-order valence-electron chi connectivity index (χ2n) is 11.1. The average molecular weight is 543 g/mol. The monoisotopic (exact) mass is 542 g/mol. The average Bonchev–Trinajstić information content (AvgIpc) is 2.94. The van der Waals surface area contributed by atoms with Gasteiger partial charge >= 0.3 is 0 Å². The van der Waals surface area contributed by atoms with Crippen LogP contribution >= 0.6 is 0 Å². The Labute approximate surface area is 240 Å². The summed E-state index contributed by atoms with van der Waals surface area (Å²) in [6.07, 6.45) is 9.79. The van der Waals surface area contributed by atoms with Gasteiger partial charge in [0.1, 0.15) is 17.2 Å². The van der Waals surface area contributed by atoms with Gasteiger partial charge in [-0.15, -0.1) is 0 Å². The smallest absolute Gasteiger partial charge is 0.127 e. The Kier molecular flexibility index (Phi) is 11.4. The maximum absolute atomic E-state index is 11.0. The van der Waals surface area contributed by atoms with E-state index >= 15 is 0 Å². The number of methoxy groups -OCH3 is 1. The summed E-state index contributed by atoms with van der Waals surface area (Å²) in [5.41, 5.74) is 6.92. The zero-order valence-electron chi connectivity index (χ0n) is 25.3. The molecule has 0 unspecified atom stereocenters. The standard InChI is InChI=1S/C35H46N2O3/c1-8-10-12-25-16-27(34(38)30(18-25)23(3)4)21-36-32-15-14-29(40-7)20-33(32)37-22-28-17-26(13-11-9-2)19-31(24(5)6)35(28)39/h14-24,38-39H,8-13H2,1-7H3. The minimum absolute atomic E-state index is 0.196. The summed E-state index contributed by atoms with van der Waals surface area (Å²) in [6, 6.07) is 13.8. The highest BCUT2D eigenvalue weighted by Crippen LogP contribution is 2.35. The molecule has 214 valence electrons. The summed E-state index contributed by atoms with van der Waals surface area (Å²) < 4.78 is 5.46. The Hall–Kier alpha value is -3.60. The SMILES string of the molecule is CCCCc1cc(C=Nc2ccc(OC)cc2N=Cc2cc(CCCC)cc(C(C)C)c2O)c(O)c(C(C)C)c1. The van der Waals surface area contributed by atoms with Crippen molar-refractivity contribution in [3.8, 4) is 17.2 Å². The van der Waals surface area contributed by atoms with Crippen LogP contribution in [-0.2, 0) is 12.8 Å². The fourth-order valence-electron chi connectivity index (χ4n) is 4.74. The number of rotatable bonds is 13. The van der Waals surface area contributed by atoms with Gasteiger partial charge in [0.05, 0.1) is 18.5 Å². The van der Waals surface area contributed by atoms with E-state index in [-0.39, 0.29) is 23.3 Å². The van der Waals surface area contributed by atoms with E-state index < -0.39 is 0 Å². The fraction of sp³-hybridized carbons (Fsp3) is 0.429. The van der Waals surface area contributed by atoms with Crippen molar-refractivity contribution >= 4 is 23.8 Å². The molecule has 0 aliphatic heterocycles. The van der Waals surface area contributed by atoms with Gasteiger partial charge in [-0.2, -0.15) is 0 Å². The zero-order chi connectivity index (χ0) is 29.2. The molecule has 0 fully saturated rings. The van der Waals surface area contributed by atoms with Crippen molar-refractivity contribution in [2.45, 2.75) is 91.9 Å². The largest absolute Gasteiger partial charge is 0.507 e. The zero-order valence-corrected chi connectivity index (χ0v) is 25.3. The predicted molar refractivity (Wildman–Crippen MR) is 169 cm³/mol. The van der Waals surface area contributed by atoms with Crippen molar-refractivity contribution in [1.29, 1.82) is 0 Å². The molecule has 0 spiro atoms. The van der Waals surface area contributed by atoms with Crippen molar-refractivity contribution in [2.24, 2.45) is 9.98 Å². The van der Waals surface area contributed by atoms with Crippen LogP contribution in [0.15, 0.2) is 52.4 Å². The number of nitrogens with zero attached hydrogens (tertiary/aromatic N) is 2. The summed E-state index contributed by atoms with van der Waals surface area (Å²) >= 11 is 0. The third kappa shape index (κ3) is 7.97. The number of aliphatic imine (C=N–C) groups is 2. The molecular weight excluding hydrogens is 496 g/mol. The first kappa shape index (κ1) is 30.9. The van der Waals surface area contributed by atoms with Gasteiger partial charge in [0.25, 0.3) is 0 Å². The number of unbranched alkanes of at least 4 members (excludes halogenated alkanes) is 2. The van der Waals surface area contributed by atoms with Crippen LogP contribution in [0.25, 0.3) is 0 Å². The lowest BCUT2D eigenvalue weighted by Gasteiger charge is -2.14. The Bertz CT molecular complexity index is 1340. The molecule has 40 heavy (non-hydrogen) atoms. The lowest BCUT2D eigenvalue weighted by molar-refractivity contribution is 0.415. The first-order valence-corrected chi connectivity index (χ1v) is 14.7. The summed E-state index contributed by atoms with van der Waals surface area (Å²) in [5, 5.41) is 22.0. The number of phenolic OH excluding ortho intramolecular Hbond substituents is 2. The van der Waals surface area contributed by atoms with Crippen LogP contribution in [-0.4, -0.2) is 29.8 Å². The molecule has 5 heteroatoms. The number of benzene rings is 3. The molecule has 0 heterocycles. The Morgan fingerprint density at radius 1 is 0.700 bits per heavy atom. The highest BCUT2D eigenvalue weighted by Gasteiger charge is 2.14. The van der Waals surface area contributed by atoms with Crippen LogP contribution in [0.1, 0.15) is 112 Å². The number of hydrogen-bond acceptors (Lipinski definition) is 5. The number of phenols is 2. The first-order valence-electron chi connectivity index (χ1n) is 14.7. The molecule has 0 aliphatic rings. The maximum Gasteiger partial charge on any atom is 0.127 e. The fourth-order valence-corrected chi connectivity index (χ4v) is 4.74. The summed E-state index contributed by atoms with van der Waals surface area (Å²) in [5.74, 6) is 1.60. The second-order valence-corrected chi connectivity index (χ2v) is 11.1. The van der Waals surface area contributed by atoms with Gasteiger partial charge in [-0.05, 0) is 84.0 Å². The topological polar surface area (TPSA) is 74.4 Å². The molecule has 0 bridgehead atoms. The van der Waals surface area contributed by atoms with Gasteiger partial charge < -0.3 is 14.9 Å². The van der Waals surface area contributed by atoms with Crippen LogP contribution in [0.3, 0.4) is 0 Å². The third-order valence-electron chi connectivity index (χ3n) is 7.21. The molecule has 3 rings (SSSR count). The molecule has 0 saturated heterocycles. The predicted octanol–water partition coefficient (Wildman–Crippen LogP) is 9.54. The van der Waals surface area contributed by atoms with Crippen molar-refractivity contribution in [3.05, 3.63) is 75.8 Å². The van der Waals surface area contributed by atoms with Gasteiger partial charge in [0, 0.05) is 29.6 Å². The first-order chi connectivity index (χ1) is 19.2. The van der Waals surface area contributed by atoms with E-state index in [1.54, 1.807) is 19.5 Å². The lowest BCUT2D eigenvalue weighted by atomic mass is 9.94. The van der Waals surface area contributed by atoms with Crippen LogP contribution in [0.4, 0.5) is 11.4 Å². The van der Waals surface area contributed by atoms with Gasteiger partial charge in [-0.3, -0.25) is 9.98 Å². The number of aromatic hydroxyl groups is 2.